The minimum absolute atomic E-state index is 0.0771. The van der Waals surface area contributed by atoms with Crippen LogP contribution in [0.3, 0.4) is 0 Å². The van der Waals surface area contributed by atoms with Gasteiger partial charge in [0.1, 0.15) is 12.1 Å². The fourth-order valence-corrected chi connectivity index (χ4v) is 3.96. The molecule has 29 heavy (non-hydrogen) atoms. The predicted molar refractivity (Wildman–Crippen MR) is 100 cm³/mol. The summed E-state index contributed by atoms with van der Waals surface area (Å²) in [4.78, 5) is 12.6. The summed E-state index contributed by atoms with van der Waals surface area (Å²) in [5.41, 5.74) is 3.41. The molecular weight excluding hydrogens is 374 g/mol. The minimum atomic E-state index is -0.138. The molecule has 10 nitrogen and oxygen atoms in total. The number of nitrogens with one attached hydrogen (secondary N) is 1. The van der Waals surface area contributed by atoms with Crippen molar-refractivity contribution in [2.75, 3.05) is 12.1 Å². The molecule has 1 aromatic carbocycles. The largest absolute Gasteiger partial charge is 0.454 e. The molecule has 2 aliphatic heterocycles. The number of ether oxygens (including phenoxy) is 2. The summed E-state index contributed by atoms with van der Waals surface area (Å²) in [5.74, 6) is 2.38. The number of benzene rings is 1. The second kappa shape index (κ2) is 5.77. The van der Waals surface area contributed by atoms with E-state index in [1.54, 1.807) is 21.3 Å². The normalized spacial score (nSPS) is 17.4. The molecule has 4 aromatic rings. The Balaban J connectivity index is 1.50. The number of anilines is 1. The first kappa shape index (κ1) is 16.0. The van der Waals surface area contributed by atoms with E-state index in [9.17, 15) is 4.79 Å². The van der Waals surface area contributed by atoms with Gasteiger partial charge >= 0.3 is 0 Å². The van der Waals surface area contributed by atoms with Crippen molar-refractivity contribution >= 4 is 17.4 Å². The summed E-state index contributed by atoms with van der Waals surface area (Å²) in [6.45, 7) is 2.15. The van der Waals surface area contributed by atoms with Crippen molar-refractivity contribution in [2.24, 2.45) is 0 Å². The van der Waals surface area contributed by atoms with Gasteiger partial charge in [-0.25, -0.2) is 0 Å². The van der Waals surface area contributed by atoms with Gasteiger partial charge in [0.15, 0.2) is 23.0 Å². The molecule has 1 amide bonds. The number of fused-ring (bicyclic) bond motifs is 3. The zero-order valence-corrected chi connectivity index (χ0v) is 15.4. The van der Waals surface area contributed by atoms with Crippen LogP contribution in [0.15, 0.2) is 36.7 Å². The monoisotopic (exact) mass is 389 g/mol. The van der Waals surface area contributed by atoms with Crippen LogP contribution in [0.2, 0.25) is 0 Å². The lowest BCUT2D eigenvalue weighted by Gasteiger charge is -2.24. The van der Waals surface area contributed by atoms with Crippen LogP contribution in [0.25, 0.3) is 11.5 Å². The SMILES string of the molecule is Cc1nn(-c2ccc3nncn3n2)c2c1[C@H](c1ccc3c(c1)OCO3)CC(=O)N2. The minimum Gasteiger partial charge on any atom is -0.454 e. The number of nitrogens with zero attached hydrogens (tertiary/aromatic N) is 6. The number of hydrogen-bond acceptors (Lipinski definition) is 7. The van der Waals surface area contributed by atoms with E-state index >= 15 is 0 Å². The number of hydrogen-bond donors (Lipinski definition) is 1. The van der Waals surface area contributed by atoms with E-state index in [2.05, 4.69) is 25.7 Å². The van der Waals surface area contributed by atoms with Gasteiger partial charge in [-0.1, -0.05) is 6.07 Å². The van der Waals surface area contributed by atoms with Crippen molar-refractivity contribution in [3.63, 3.8) is 0 Å². The average Bonchev–Trinajstić information content (AvgIpc) is 3.44. The summed E-state index contributed by atoms with van der Waals surface area (Å²) < 4.78 is 14.1. The van der Waals surface area contributed by atoms with Gasteiger partial charge in [0.05, 0.1) is 5.69 Å². The van der Waals surface area contributed by atoms with Crippen molar-refractivity contribution in [3.05, 3.63) is 53.5 Å². The molecular formula is C19H15N7O3. The van der Waals surface area contributed by atoms with Crippen LogP contribution >= 0.6 is 0 Å². The molecule has 2 aliphatic rings. The van der Waals surface area contributed by atoms with Crippen molar-refractivity contribution in [1.82, 2.24) is 29.6 Å². The Morgan fingerprint density at radius 1 is 1.14 bits per heavy atom. The van der Waals surface area contributed by atoms with E-state index in [1.807, 2.05) is 25.1 Å². The van der Waals surface area contributed by atoms with Gasteiger partial charge in [0, 0.05) is 17.9 Å². The van der Waals surface area contributed by atoms with Gasteiger partial charge in [0.25, 0.3) is 0 Å². The number of carbonyl (C=O) groups is 1. The zero-order chi connectivity index (χ0) is 19.5. The molecule has 1 N–H and O–H groups in total. The molecule has 6 rings (SSSR count). The summed E-state index contributed by atoms with van der Waals surface area (Å²) in [6, 6.07) is 9.39. The number of carbonyl (C=O) groups excluding carboxylic acids is 1. The molecule has 0 saturated heterocycles. The lowest BCUT2D eigenvalue weighted by Crippen LogP contribution is -2.25. The van der Waals surface area contributed by atoms with Crippen LogP contribution in [0.4, 0.5) is 5.82 Å². The van der Waals surface area contributed by atoms with Crippen LogP contribution in [-0.2, 0) is 4.79 Å². The first-order chi connectivity index (χ1) is 14.2. The highest BCUT2D eigenvalue weighted by Crippen LogP contribution is 2.43. The number of aryl methyl sites for hydroxylation is 1. The van der Waals surface area contributed by atoms with Crippen LogP contribution in [0.1, 0.15) is 29.2 Å². The van der Waals surface area contributed by atoms with E-state index in [4.69, 9.17) is 9.47 Å². The van der Waals surface area contributed by atoms with Crippen molar-refractivity contribution in [2.45, 2.75) is 19.3 Å². The van der Waals surface area contributed by atoms with E-state index in [-0.39, 0.29) is 18.6 Å². The highest BCUT2D eigenvalue weighted by atomic mass is 16.7. The highest BCUT2D eigenvalue weighted by molar-refractivity contribution is 5.95. The number of amides is 1. The fraction of sp³-hybridized carbons (Fsp3) is 0.211. The number of rotatable bonds is 2. The maximum atomic E-state index is 12.6. The quantitative estimate of drug-likeness (QED) is 0.557. The van der Waals surface area contributed by atoms with Crippen molar-refractivity contribution < 1.29 is 14.3 Å². The van der Waals surface area contributed by atoms with Gasteiger partial charge in [0.2, 0.25) is 12.7 Å². The van der Waals surface area contributed by atoms with Crippen LogP contribution in [0, 0.1) is 6.92 Å². The Labute approximate surface area is 164 Å². The van der Waals surface area contributed by atoms with Gasteiger partial charge < -0.3 is 14.8 Å². The van der Waals surface area contributed by atoms with Gasteiger partial charge in [-0.3, -0.25) is 4.79 Å². The third kappa shape index (κ3) is 2.38. The Morgan fingerprint density at radius 2 is 2.03 bits per heavy atom. The molecule has 1 atom stereocenters. The topological polar surface area (TPSA) is 108 Å². The third-order valence-corrected chi connectivity index (χ3v) is 5.27. The summed E-state index contributed by atoms with van der Waals surface area (Å²) in [6.07, 6.45) is 1.85. The lowest BCUT2D eigenvalue weighted by atomic mass is 9.85. The lowest BCUT2D eigenvalue weighted by molar-refractivity contribution is -0.116. The molecule has 144 valence electrons. The van der Waals surface area contributed by atoms with E-state index < -0.39 is 0 Å². The zero-order valence-electron chi connectivity index (χ0n) is 15.4. The first-order valence-corrected chi connectivity index (χ1v) is 9.14. The predicted octanol–water partition coefficient (Wildman–Crippen LogP) is 1.82. The van der Waals surface area contributed by atoms with Gasteiger partial charge in [-0.05, 0) is 36.8 Å². The standard InChI is InChI=1S/C19H15N7O3/c1-10-18-12(11-2-3-13-14(6-11)29-9-28-13)7-17(27)21-19(18)26(23-10)16-5-4-15-22-20-8-25(15)24-16/h2-6,8,12H,7,9H2,1H3,(H,21,27)/t12-/m0/s1. The molecule has 0 bridgehead atoms. The van der Waals surface area contributed by atoms with Crippen molar-refractivity contribution in [3.8, 4) is 17.3 Å². The molecule has 0 saturated carbocycles. The van der Waals surface area contributed by atoms with Crippen LogP contribution in [-0.4, -0.2) is 42.3 Å². The second-order valence-corrected chi connectivity index (χ2v) is 7.00. The molecule has 10 heteroatoms. The molecule has 0 fully saturated rings. The van der Waals surface area contributed by atoms with E-state index in [0.717, 1.165) is 16.8 Å². The Bertz CT molecular complexity index is 1290. The smallest absolute Gasteiger partial charge is 0.231 e. The fourth-order valence-electron chi connectivity index (χ4n) is 3.96. The molecule has 5 heterocycles. The van der Waals surface area contributed by atoms with Crippen LogP contribution in [0.5, 0.6) is 11.5 Å². The molecule has 0 aliphatic carbocycles. The highest BCUT2D eigenvalue weighted by Gasteiger charge is 2.33. The Kier molecular flexibility index (Phi) is 3.19. The second-order valence-electron chi connectivity index (χ2n) is 7.00. The first-order valence-electron chi connectivity index (χ1n) is 9.14. The average molecular weight is 389 g/mol. The van der Waals surface area contributed by atoms with E-state index in [1.165, 1.54) is 6.33 Å². The molecule has 3 aromatic heterocycles. The summed E-state index contributed by atoms with van der Waals surface area (Å²) in [7, 11) is 0. The van der Waals surface area contributed by atoms with Gasteiger partial charge in [-0.15, -0.1) is 15.3 Å². The Hall–Kier alpha value is -3.95. The summed E-state index contributed by atoms with van der Waals surface area (Å²) in [5, 5.41) is 20.0. The number of aromatic nitrogens is 6. The van der Waals surface area contributed by atoms with E-state index in [0.29, 0.717) is 35.2 Å². The molecule has 0 unspecified atom stereocenters. The van der Waals surface area contributed by atoms with Crippen LogP contribution < -0.4 is 14.8 Å². The Morgan fingerprint density at radius 3 is 2.97 bits per heavy atom. The molecule has 0 radical (unpaired) electrons. The van der Waals surface area contributed by atoms with Gasteiger partial charge in [-0.2, -0.15) is 14.3 Å². The molecule has 0 spiro atoms. The summed E-state index contributed by atoms with van der Waals surface area (Å²) >= 11 is 0. The maximum absolute atomic E-state index is 12.6. The van der Waals surface area contributed by atoms with Crippen molar-refractivity contribution in [1.29, 1.82) is 0 Å². The maximum Gasteiger partial charge on any atom is 0.231 e. The third-order valence-electron chi connectivity index (χ3n) is 5.27.